The monoisotopic (exact) mass is 377 g/mol. The Morgan fingerprint density at radius 2 is 1.86 bits per heavy atom. The minimum absolute atomic E-state index is 0.102. The van der Waals surface area contributed by atoms with Gasteiger partial charge in [0.2, 0.25) is 0 Å². The first-order valence-electron chi connectivity index (χ1n) is 5.86. The normalized spacial score (nSPS) is 13.1. The third-order valence-corrected chi connectivity index (χ3v) is 4.53. The van der Waals surface area contributed by atoms with Gasteiger partial charge in [-0.15, -0.1) is 0 Å². The van der Waals surface area contributed by atoms with E-state index in [4.69, 9.17) is 5.73 Å². The first-order valence-corrected chi connectivity index (χ1v) is 7.97. The van der Waals surface area contributed by atoms with E-state index in [2.05, 4.69) is 15.9 Å². The highest BCUT2D eigenvalue weighted by atomic mass is 79.9. The average molecular weight is 378 g/mol. The maximum Gasteiger partial charge on any atom is 0.416 e. The zero-order valence-corrected chi connectivity index (χ0v) is 13.1. The molecule has 0 aliphatic carbocycles. The van der Waals surface area contributed by atoms with Gasteiger partial charge in [-0.1, -0.05) is 22.0 Å². The van der Waals surface area contributed by atoms with Crippen LogP contribution in [-0.4, -0.2) is 4.21 Å². The third-order valence-electron chi connectivity index (χ3n) is 2.70. The number of nitrogens with two attached hydrogens (primary N) is 1. The Hall–Kier alpha value is -1.34. The molecule has 21 heavy (non-hydrogen) atoms. The molecule has 1 atom stereocenters. The molecule has 0 saturated carbocycles. The molecule has 0 saturated heterocycles. The van der Waals surface area contributed by atoms with Crippen molar-refractivity contribution in [1.82, 2.24) is 0 Å². The van der Waals surface area contributed by atoms with E-state index >= 15 is 0 Å². The molecule has 2 aromatic rings. The molecule has 1 unspecified atom stereocenters. The Morgan fingerprint density at radius 3 is 2.48 bits per heavy atom. The first kappa shape index (κ1) is 16.0. The van der Waals surface area contributed by atoms with Gasteiger partial charge in [-0.25, -0.2) is 0 Å². The molecule has 0 heterocycles. The van der Waals surface area contributed by atoms with Crippen molar-refractivity contribution < 1.29 is 17.4 Å². The predicted octanol–water partition coefficient (Wildman–Crippen LogP) is 4.36. The highest BCUT2D eigenvalue weighted by molar-refractivity contribution is 9.10. The van der Waals surface area contributed by atoms with Gasteiger partial charge in [-0.3, -0.25) is 4.21 Å². The molecule has 112 valence electrons. The number of hydrogen-bond acceptors (Lipinski definition) is 2. The summed E-state index contributed by atoms with van der Waals surface area (Å²) in [5.74, 6) is 0.102. The Labute approximate surface area is 130 Å². The number of halogens is 4. The maximum absolute atomic E-state index is 12.6. The van der Waals surface area contributed by atoms with Gasteiger partial charge < -0.3 is 5.73 Å². The van der Waals surface area contributed by atoms with Crippen LogP contribution in [0.3, 0.4) is 0 Å². The summed E-state index contributed by atoms with van der Waals surface area (Å²) in [6.07, 6.45) is -4.44. The molecule has 2 N–H and O–H groups in total. The van der Waals surface area contributed by atoms with Crippen LogP contribution in [0, 0.1) is 0 Å². The minimum atomic E-state index is -4.44. The highest BCUT2D eigenvalue weighted by Crippen LogP contribution is 2.30. The van der Waals surface area contributed by atoms with Crippen molar-refractivity contribution in [3.05, 3.63) is 58.1 Å². The van der Waals surface area contributed by atoms with Crippen LogP contribution in [0.4, 0.5) is 18.9 Å². The molecule has 0 aliphatic rings. The van der Waals surface area contributed by atoms with E-state index in [9.17, 15) is 17.4 Å². The van der Waals surface area contributed by atoms with Crippen molar-refractivity contribution in [3.63, 3.8) is 0 Å². The molecule has 7 heteroatoms. The molecule has 0 aliphatic heterocycles. The van der Waals surface area contributed by atoms with E-state index in [1.165, 1.54) is 12.1 Å². The molecule has 2 nitrogen and oxygen atoms in total. The third kappa shape index (κ3) is 4.31. The molecule has 0 spiro atoms. The SMILES string of the molecule is Nc1cc(Br)cc(CS(=O)c2cccc(C(F)(F)F)c2)c1. The van der Waals surface area contributed by atoms with E-state index in [0.29, 0.717) is 11.3 Å². The second-order valence-corrected chi connectivity index (χ2v) is 6.78. The lowest BCUT2D eigenvalue weighted by Crippen LogP contribution is -2.06. The predicted molar refractivity (Wildman–Crippen MR) is 80.1 cm³/mol. The lowest BCUT2D eigenvalue weighted by Gasteiger charge is -2.09. The Kier molecular flexibility index (Phi) is 4.73. The van der Waals surface area contributed by atoms with E-state index in [1.54, 1.807) is 18.2 Å². The molecule has 2 aromatic carbocycles. The Bertz CT molecular complexity index is 668. The van der Waals surface area contributed by atoms with Crippen LogP contribution < -0.4 is 5.73 Å². The fourth-order valence-electron chi connectivity index (χ4n) is 1.81. The fraction of sp³-hybridized carbons (Fsp3) is 0.143. The van der Waals surface area contributed by atoms with E-state index in [-0.39, 0.29) is 10.6 Å². The van der Waals surface area contributed by atoms with Crippen molar-refractivity contribution in [2.75, 3.05) is 5.73 Å². The summed E-state index contributed by atoms with van der Waals surface area (Å²) >= 11 is 3.27. The lowest BCUT2D eigenvalue weighted by atomic mass is 10.2. The topological polar surface area (TPSA) is 43.1 Å². The fourth-order valence-corrected chi connectivity index (χ4v) is 3.49. The van der Waals surface area contributed by atoms with Gasteiger partial charge in [-0.2, -0.15) is 13.2 Å². The highest BCUT2D eigenvalue weighted by Gasteiger charge is 2.30. The lowest BCUT2D eigenvalue weighted by molar-refractivity contribution is -0.137. The average Bonchev–Trinajstić information content (AvgIpc) is 2.36. The van der Waals surface area contributed by atoms with Crippen molar-refractivity contribution >= 4 is 32.4 Å². The molecule has 0 fully saturated rings. The quantitative estimate of drug-likeness (QED) is 0.807. The Morgan fingerprint density at radius 1 is 1.14 bits per heavy atom. The van der Waals surface area contributed by atoms with Gasteiger partial charge in [0, 0.05) is 15.1 Å². The van der Waals surface area contributed by atoms with Crippen LogP contribution in [0.1, 0.15) is 11.1 Å². The van der Waals surface area contributed by atoms with Crippen molar-refractivity contribution in [2.45, 2.75) is 16.8 Å². The summed E-state index contributed by atoms with van der Waals surface area (Å²) in [6, 6.07) is 9.63. The molecule has 0 bridgehead atoms. The zero-order chi connectivity index (χ0) is 15.6. The van der Waals surface area contributed by atoms with E-state index in [1.807, 2.05) is 0 Å². The van der Waals surface area contributed by atoms with Gasteiger partial charge in [0.25, 0.3) is 0 Å². The molecule has 0 radical (unpaired) electrons. The summed E-state index contributed by atoms with van der Waals surface area (Å²) in [5, 5.41) is 0. The van der Waals surface area contributed by atoms with Gasteiger partial charge in [0.1, 0.15) is 0 Å². The minimum Gasteiger partial charge on any atom is -0.399 e. The molecule has 0 amide bonds. The number of anilines is 1. The number of hydrogen-bond donors (Lipinski definition) is 1. The van der Waals surface area contributed by atoms with Crippen LogP contribution in [0.2, 0.25) is 0 Å². The second kappa shape index (κ2) is 6.19. The first-order chi connectivity index (χ1) is 9.75. The number of nitrogen functional groups attached to an aromatic ring is 1. The molecular weight excluding hydrogens is 367 g/mol. The molecular formula is C14H11BrF3NOS. The summed E-state index contributed by atoms with van der Waals surface area (Å²) in [4.78, 5) is 0.142. The van der Waals surface area contributed by atoms with Gasteiger partial charge in [-0.05, 0) is 42.0 Å². The number of alkyl halides is 3. The maximum atomic E-state index is 12.6. The van der Waals surface area contributed by atoms with Crippen LogP contribution >= 0.6 is 15.9 Å². The summed E-state index contributed by atoms with van der Waals surface area (Å²) in [6.45, 7) is 0. The molecule has 2 rings (SSSR count). The largest absolute Gasteiger partial charge is 0.416 e. The molecule has 0 aromatic heterocycles. The van der Waals surface area contributed by atoms with Crippen molar-refractivity contribution in [2.24, 2.45) is 0 Å². The van der Waals surface area contributed by atoms with Crippen molar-refractivity contribution in [1.29, 1.82) is 0 Å². The Balaban J connectivity index is 2.24. The zero-order valence-electron chi connectivity index (χ0n) is 10.7. The van der Waals surface area contributed by atoms with E-state index < -0.39 is 22.5 Å². The standard InChI is InChI=1S/C14H11BrF3NOS/c15-11-4-9(5-12(19)7-11)8-21(20)13-3-1-2-10(6-13)14(16,17)18/h1-7H,8,19H2. The van der Waals surface area contributed by atoms with Crippen LogP contribution in [0.25, 0.3) is 0 Å². The van der Waals surface area contributed by atoms with Crippen LogP contribution in [0.15, 0.2) is 51.8 Å². The summed E-state index contributed by atoms with van der Waals surface area (Å²) < 4.78 is 50.9. The van der Waals surface area contributed by atoms with Crippen molar-refractivity contribution in [3.8, 4) is 0 Å². The van der Waals surface area contributed by atoms with Gasteiger partial charge in [0.05, 0.1) is 22.1 Å². The smallest absolute Gasteiger partial charge is 0.399 e. The van der Waals surface area contributed by atoms with Crippen LogP contribution in [0.5, 0.6) is 0 Å². The summed E-state index contributed by atoms with van der Waals surface area (Å²) in [7, 11) is -1.57. The second-order valence-electron chi connectivity index (χ2n) is 4.41. The van der Waals surface area contributed by atoms with Gasteiger partial charge in [0.15, 0.2) is 0 Å². The van der Waals surface area contributed by atoms with E-state index in [0.717, 1.165) is 16.6 Å². The number of rotatable bonds is 3. The summed E-state index contributed by atoms with van der Waals surface area (Å²) in [5.41, 5.74) is 6.07. The van der Waals surface area contributed by atoms with Crippen LogP contribution in [-0.2, 0) is 22.7 Å². The number of benzene rings is 2. The van der Waals surface area contributed by atoms with Gasteiger partial charge >= 0.3 is 6.18 Å².